The summed E-state index contributed by atoms with van der Waals surface area (Å²) >= 11 is 4.69. The van der Waals surface area contributed by atoms with Crippen molar-refractivity contribution in [2.75, 3.05) is 24.6 Å². The Kier molecular flexibility index (Phi) is 5.43. The highest BCUT2D eigenvalue weighted by atomic mass is 79.9. The Morgan fingerprint density at radius 1 is 1.71 bits per heavy atom. The molecule has 2 N–H and O–H groups in total. The van der Waals surface area contributed by atoms with Crippen molar-refractivity contribution in [1.29, 1.82) is 5.41 Å². The molecule has 0 amide bonds. The predicted molar refractivity (Wildman–Crippen MR) is 73.3 cm³/mol. The van der Waals surface area contributed by atoms with Gasteiger partial charge in [-0.15, -0.1) is 11.8 Å². The Balaban J connectivity index is 3.09. The minimum Gasteiger partial charge on any atom is -0.464 e. The van der Waals surface area contributed by atoms with Crippen LogP contribution < -0.4 is 5.32 Å². The van der Waals surface area contributed by atoms with Crippen molar-refractivity contribution < 1.29 is 9.53 Å². The number of halogens is 1. The SMILES string of the molecule is COC(=O)c1cc(NCSC)c(C(=N)Br)cn1. The number of hydrogen-bond donors (Lipinski definition) is 2. The Morgan fingerprint density at radius 3 is 2.94 bits per heavy atom. The van der Waals surface area contributed by atoms with E-state index in [1.54, 1.807) is 17.8 Å². The number of carbonyl (C=O) groups is 1. The number of nitrogens with zero attached hydrogens (tertiary/aromatic N) is 1. The molecule has 92 valence electrons. The summed E-state index contributed by atoms with van der Waals surface area (Å²) in [6.45, 7) is 0. The average Bonchev–Trinajstić information content (AvgIpc) is 2.34. The van der Waals surface area contributed by atoms with Crippen LogP contribution >= 0.6 is 27.7 Å². The van der Waals surface area contributed by atoms with E-state index < -0.39 is 5.97 Å². The molecule has 0 bridgehead atoms. The van der Waals surface area contributed by atoms with Crippen molar-refractivity contribution in [3.8, 4) is 0 Å². The topological polar surface area (TPSA) is 75.1 Å². The second-order valence-corrected chi connectivity index (χ2v) is 4.69. The summed E-state index contributed by atoms with van der Waals surface area (Å²) < 4.78 is 4.81. The molecular formula is C10H12BrN3O2S. The van der Waals surface area contributed by atoms with Crippen LogP contribution in [0.1, 0.15) is 16.1 Å². The highest BCUT2D eigenvalue weighted by Crippen LogP contribution is 2.19. The van der Waals surface area contributed by atoms with Crippen LogP contribution in [0.4, 0.5) is 5.69 Å². The maximum Gasteiger partial charge on any atom is 0.356 e. The van der Waals surface area contributed by atoms with Gasteiger partial charge < -0.3 is 10.1 Å². The summed E-state index contributed by atoms with van der Waals surface area (Å²) in [6.07, 6.45) is 3.42. The molecular weight excluding hydrogens is 306 g/mol. The van der Waals surface area contributed by atoms with Crippen molar-refractivity contribution >= 4 is 44.0 Å². The highest BCUT2D eigenvalue weighted by Gasteiger charge is 2.12. The first-order valence-corrected chi connectivity index (χ1v) is 6.84. The van der Waals surface area contributed by atoms with E-state index in [-0.39, 0.29) is 10.3 Å². The van der Waals surface area contributed by atoms with Crippen LogP contribution in [0, 0.1) is 5.41 Å². The lowest BCUT2D eigenvalue weighted by atomic mass is 10.2. The Bertz CT molecular complexity index is 440. The van der Waals surface area contributed by atoms with Gasteiger partial charge in [0, 0.05) is 17.4 Å². The molecule has 0 fully saturated rings. The van der Waals surface area contributed by atoms with Gasteiger partial charge in [-0.3, -0.25) is 5.41 Å². The monoisotopic (exact) mass is 317 g/mol. The van der Waals surface area contributed by atoms with Crippen molar-refractivity contribution in [3.05, 3.63) is 23.5 Å². The molecule has 0 saturated carbocycles. The first-order chi connectivity index (χ1) is 8.10. The molecule has 1 aromatic rings. The lowest BCUT2D eigenvalue weighted by molar-refractivity contribution is 0.0594. The van der Waals surface area contributed by atoms with Gasteiger partial charge in [-0.1, -0.05) is 0 Å². The van der Waals surface area contributed by atoms with Gasteiger partial charge in [0.1, 0.15) is 10.3 Å². The first kappa shape index (κ1) is 14.0. The number of hydrogen-bond acceptors (Lipinski definition) is 6. The summed E-state index contributed by atoms with van der Waals surface area (Å²) in [7, 11) is 1.31. The zero-order valence-electron chi connectivity index (χ0n) is 9.41. The maximum atomic E-state index is 11.3. The van der Waals surface area contributed by atoms with Gasteiger partial charge in [0.05, 0.1) is 13.0 Å². The van der Waals surface area contributed by atoms with E-state index >= 15 is 0 Å². The molecule has 0 aromatic carbocycles. The summed E-state index contributed by atoms with van der Waals surface area (Å²) in [5.74, 6) is 0.183. The van der Waals surface area contributed by atoms with Gasteiger partial charge in [-0.25, -0.2) is 9.78 Å². The van der Waals surface area contributed by atoms with E-state index in [1.807, 2.05) is 6.26 Å². The van der Waals surface area contributed by atoms with Gasteiger partial charge in [-0.2, -0.15) is 0 Å². The molecule has 5 nitrogen and oxygen atoms in total. The molecule has 0 aliphatic rings. The van der Waals surface area contributed by atoms with Crippen LogP contribution in [0.15, 0.2) is 12.3 Å². The number of carbonyl (C=O) groups excluding carboxylic acids is 1. The first-order valence-electron chi connectivity index (χ1n) is 4.65. The second kappa shape index (κ2) is 6.61. The highest BCUT2D eigenvalue weighted by molar-refractivity contribution is 9.18. The summed E-state index contributed by atoms with van der Waals surface area (Å²) in [5, 5.41) is 10.7. The molecule has 17 heavy (non-hydrogen) atoms. The smallest absolute Gasteiger partial charge is 0.356 e. The number of methoxy groups -OCH3 is 1. The number of pyridine rings is 1. The van der Waals surface area contributed by atoms with Crippen LogP contribution in [0.25, 0.3) is 0 Å². The predicted octanol–water partition coefficient (Wildman–Crippen LogP) is 2.32. The molecule has 0 radical (unpaired) electrons. The average molecular weight is 318 g/mol. The van der Waals surface area contributed by atoms with E-state index in [1.165, 1.54) is 13.3 Å². The van der Waals surface area contributed by atoms with Gasteiger partial charge >= 0.3 is 5.97 Å². The normalized spacial score (nSPS) is 9.82. The molecule has 1 rings (SSSR count). The van der Waals surface area contributed by atoms with E-state index in [0.717, 1.165) is 0 Å². The Labute approximate surface area is 112 Å². The zero-order valence-corrected chi connectivity index (χ0v) is 11.8. The fraction of sp³-hybridized carbons (Fsp3) is 0.300. The number of ether oxygens (including phenoxy) is 1. The molecule has 0 aliphatic carbocycles. The largest absolute Gasteiger partial charge is 0.464 e. The van der Waals surface area contributed by atoms with Crippen molar-refractivity contribution in [1.82, 2.24) is 4.98 Å². The standard InChI is InChI=1S/C10H12BrN3O2S/c1-16-10(15)8-3-7(14-5-17-2)6(4-13-8)9(11)12/h3-4,12H,5H2,1-2H3,(H,13,14). The molecule has 0 spiro atoms. The minimum absolute atomic E-state index is 0.213. The third kappa shape index (κ3) is 3.71. The van der Waals surface area contributed by atoms with Crippen LogP contribution in [-0.2, 0) is 4.74 Å². The fourth-order valence-corrected chi connectivity index (χ4v) is 1.76. The number of nitrogens with one attached hydrogen (secondary N) is 2. The third-order valence-corrected chi connectivity index (χ3v) is 2.80. The Hall–Kier alpha value is -1.08. The molecule has 0 saturated heterocycles. The number of rotatable bonds is 5. The molecule has 0 atom stereocenters. The van der Waals surface area contributed by atoms with Crippen LogP contribution in [0.2, 0.25) is 0 Å². The quantitative estimate of drug-likeness (QED) is 0.495. The lowest BCUT2D eigenvalue weighted by Crippen LogP contribution is -2.09. The number of aromatic nitrogens is 1. The molecule has 1 aromatic heterocycles. The zero-order chi connectivity index (χ0) is 12.8. The van der Waals surface area contributed by atoms with Crippen molar-refractivity contribution in [3.63, 3.8) is 0 Å². The van der Waals surface area contributed by atoms with Gasteiger partial charge in [0.15, 0.2) is 0 Å². The third-order valence-electron chi connectivity index (χ3n) is 1.94. The summed E-state index contributed by atoms with van der Waals surface area (Å²) in [5.41, 5.74) is 1.50. The number of anilines is 1. The van der Waals surface area contributed by atoms with Crippen LogP contribution in [-0.4, -0.2) is 34.8 Å². The van der Waals surface area contributed by atoms with Gasteiger partial charge in [0.2, 0.25) is 0 Å². The van der Waals surface area contributed by atoms with Crippen LogP contribution in [0.5, 0.6) is 0 Å². The van der Waals surface area contributed by atoms with Gasteiger partial charge in [-0.05, 0) is 28.3 Å². The number of esters is 1. The van der Waals surface area contributed by atoms with E-state index in [4.69, 9.17) is 5.41 Å². The fourth-order valence-electron chi connectivity index (χ4n) is 1.14. The summed E-state index contributed by atoms with van der Waals surface area (Å²) in [6, 6.07) is 1.58. The molecule has 0 aliphatic heterocycles. The van der Waals surface area contributed by atoms with Crippen molar-refractivity contribution in [2.24, 2.45) is 0 Å². The molecule has 1 heterocycles. The number of thioether (sulfide) groups is 1. The van der Waals surface area contributed by atoms with Crippen molar-refractivity contribution in [2.45, 2.75) is 0 Å². The van der Waals surface area contributed by atoms with E-state index in [0.29, 0.717) is 17.1 Å². The van der Waals surface area contributed by atoms with E-state index in [2.05, 4.69) is 31.0 Å². The summed E-state index contributed by atoms with van der Waals surface area (Å²) in [4.78, 5) is 15.3. The second-order valence-electron chi connectivity index (χ2n) is 3.03. The minimum atomic E-state index is -0.496. The van der Waals surface area contributed by atoms with E-state index in [9.17, 15) is 4.79 Å². The molecule has 0 unspecified atom stereocenters. The Morgan fingerprint density at radius 2 is 2.41 bits per heavy atom. The van der Waals surface area contributed by atoms with Gasteiger partial charge in [0.25, 0.3) is 0 Å². The lowest BCUT2D eigenvalue weighted by Gasteiger charge is -2.10. The molecule has 7 heteroatoms. The van der Waals surface area contributed by atoms with Crippen LogP contribution in [0.3, 0.4) is 0 Å². The maximum absolute atomic E-state index is 11.3.